The van der Waals surface area contributed by atoms with Gasteiger partial charge >= 0.3 is 0 Å². The van der Waals surface area contributed by atoms with Gasteiger partial charge in [0.2, 0.25) is 0 Å². The highest BCUT2D eigenvalue weighted by atomic mass is 127. The Morgan fingerprint density at radius 1 is 1.05 bits per heavy atom. The van der Waals surface area contributed by atoms with Crippen molar-refractivity contribution in [1.82, 2.24) is 5.32 Å². The van der Waals surface area contributed by atoms with Crippen LogP contribution < -0.4 is 10.1 Å². The Morgan fingerprint density at radius 3 is 2.29 bits per heavy atom. The molecule has 0 aliphatic heterocycles. The molecular formula is C18H22INO. The molecule has 0 spiro atoms. The van der Waals surface area contributed by atoms with Crippen molar-refractivity contribution < 1.29 is 4.74 Å². The van der Waals surface area contributed by atoms with Crippen molar-refractivity contribution >= 4 is 22.6 Å². The van der Waals surface area contributed by atoms with E-state index in [1.165, 1.54) is 14.7 Å². The Kier molecular flexibility index (Phi) is 6.51. The molecule has 2 aromatic carbocycles. The molecule has 1 N–H and O–H groups in total. The second-order valence-electron chi connectivity index (χ2n) is 5.11. The number of ether oxygens (including phenoxy) is 1. The molecule has 0 heterocycles. The molecular weight excluding hydrogens is 373 g/mol. The van der Waals surface area contributed by atoms with Gasteiger partial charge in [0.05, 0.1) is 7.11 Å². The van der Waals surface area contributed by atoms with Crippen LogP contribution in [0.25, 0.3) is 0 Å². The summed E-state index contributed by atoms with van der Waals surface area (Å²) in [5.74, 6) is 0.908. The van der Waals surface area contributed by atoms with Crippen molar-refractivity contribution in [3.63, 3.8) is 0 Å². The van der Waals surface area contributed by atoms with Gasteiger partial charge in [-0.3, -0.25) is 0 Å². The van der Waals surface area contributed by atoms with Crippen molar-refractivity contribution in [2.45, 2.75) is 25.8 Å². The molecule has 0 amide bonds. The number of halogens is 1. The Labute approximate surface area is 141 Å². The van der Waals surface area contributed by atoms with Crippen LogP contribution in [-0.4, -0.2) is 13.7 Å². The molecule has 2 aromatic rings. The summed E-state index contributed by atoms with van der Waals surface area (Å²) in [6, 6.07) is 17.5. The number of hydrogen-bond acceptors (Lipinski definition) is 2. The average Bonchev–Trinajstić information content (AvgIpc) is 2.53. The minimum atomic E-state index is 0.357. The fourth-order valence-corrected chi connectivity index (χ4v) is 2.68. The lowest BCUT2D eigenvalue weighted by atomic mass is 9.98. The van der Waals surface area contributed by atoms with Gasteiger partial charge in [0.15, 0.2) is 0 Å². The van der Waals surface area contributed by atoms with Gasteiger partial charge in [0, 0.05) is 9.61 Å². The summed E-state index contributed by atoms with van der Waals surface area (Å²) in [4.78, 5) is 0. The third-order valence-corrected chi connectivity index (χ3v) is 4.23. The zero-order chi connectivity index (χ0) is 15.1. The summed E-state index contributed by atoms with van der Waals surface area (Å²) < 4.78 is 6.49. The van der Waals surface area contributed by atoms with E-state index < -0.39 is 0 Å². The van der Waals surface area contributed by atoms with Crippen LogP contribution in [0.4, 0.5) is 0 Å². The lowest BCUT2D eigenvalue weighted by Gasteiger charge is -2.19. The van der Waals surface area contributed by atoms with E-state index in [0.29, 0.717) is 6.04 Å². The summed E-state index contributed by atoms with van der Waals surface area (Å²) in [5, 5.41) is 3.65. The smallest absolute Gasteiger partial charge is 0.118 e. The van der Waals surface area contributed by atoms with Crippen LogP contribution in [-0.2, 0) is 6.42 Å². The third-order valence-electron chi connectivity index (χ3n) is 3.51. The zero-order valence-electron chi connectivity index (χ0n) is 12.6. The van der Waals surface area contributed by atoms with Gasteiger partial charge < -0.3 is 10.1 Å². The SMILES string of the molecule is CCCNC(Cc1ccc(OC)cc1)c1ccc(I)cc1. The second-order valence-corrected chi connectivity index (χ2v) is 6.36. The summed E-state index contributed by atoms with van der Waals surface area (Å²) >= 11 is 2.35. The number of nitrogens with one attached hydrogen (secondary N) is 1. The highest BCUT2D eigenvalue weighted by Gasteiger charge is 2.11. The Morgan fingerprint density at radius 2 is 1.71 bits per heavy atom. The van der Waals surface area contributed by atoms with Crippen molar-refractivity contribution in [3.8, 4) is 5.75 Å². The molecule has 0 fully saturated rings. The first kappa shape index (κ1) is 16.3. The van der Waals surface area contributed by atoms with Gasteiger partial charge in [-0.1, -0.05) is 31.2 Å². The predicted octanol–water partition coefficient (Wildman–Crippen LogP) is 4.58. The molecule has 2 nitrogen and oxygen atoms in total. The lowest BCUT2D eigenvalue weighted by molar-refractivity contribution is 0.414. The number of benzene rings is 2. The first-order valence-electron chi connectivity index (χ1n) is 7.34. The summed E-state index contributed by atoms with van der Waals surface area (Å²) in [5.41, 5.74) is 2.67. The van der Waals surface area contributed by atoms with Crippen molar-refractivity contribution in [2.24, 2.45) is 0 Å². The molecule has 112 valence electrons. The summed E-state index contributed by atoms with van der Waals surface area (Å²) in [6.07, 6.45) is 2.13. The molecule has 0 saturated heterocycles. The largest absolute Gasteiger partial charge is 0.497 e. The normalized spacial score (nSPS) is 12.1. The van der Waals surface area contributed by atoms with Crippen LogP contribution in [0.15, 0.2) is 48.5 Å². The van der Waals surface area contributed by atoms with Crippen LogP contribution in [0, 0.1) is 3.57 Å². The Bertz CT molecular complexity index is 536. The molecule has 0 radical (unpaired) electrons. The molecule has 0 bridgehead atoms. The van der Waals surface area contributed by atoms with Crippen LogP contribution in [0.1, 0.15) is 30.5 Å². The van der Waals surface area contributed by atoms with E-state index in [0.717, 1.165) is 25.1 Å². The number of methoxy groups -OCH3 is 1. The van der Waals surface area contributed by atoms with Crippen LogP contribution in [0.2, 0.25) is 0 Å². The van der Waals surface area contributed by atoms with E-state index in [9.17, 15) is 0 Å². The average molecular weight is 395 g/mol. The third kappa shape index (κ3) is 5.00. The summed E-state index contributed by atoms with van der Waals surface area (Å²) in [7, 11) is 1.70. The van der Waals surface area contributed by atoms with Gasteiger partial charge in [-0.05, 0) is 77.4 Å². The minimum absolute atomic E-state index is 0.357. The first-order chi connectivity index (χ1) is 10.2. The van der Waals surface area contributed by atoms with Gasteiger partial charge in [0.1, 0.15) is 5.75 Å². The van der Waals surface area contributed by atoms with E-state index in [2.05, 4.69) is 71.2 Å². The maximum atomic E-state index is 5.22. The monoisotopic (exact) mass is 395 g/mol. The second kappa shape index (κ2) is 8.39. The van der Waals surface area contributed by atoms with Gasteiger partial charge in [-0.25, -0.2) is 0 Å². The highest BCUT2D eigenvalue weighted by molar-refractivity contribution is 14.1. The molecule has 1 unspecified atom stereocenters. The predicted molar refractivity (Wildman–Crippen MR) is 96.9 cm³/mol. The zero-order valence-corrected chi connectivity index (χ0v) is 14.8. The molecule has 3 heteroatoms. The van der Waals surface area contributed by atoms with Gasteiger partial charge in [-0.15, -0.1) is 0 Å². The maximum absolute atomic E-state index is 5.22. The van der Waals surface area contributed by atoms with E-state index >= 15 is 0 Å². The Balaban J connectivity index is 2.13. The molecule has 0 aliphatic carbocycles. The van der Waals surface area contributed by atoms with Gasteiger partial charge in [-0.2, -0.15) is 0 Å². The Hall–Kier alpha value is -1.07. The van der Waals surface area contributed by atoms with Crippen LogP contribution in [0.3, 0.4) is 0 Å². The summed E-state index contributed by atoms with van der Waals surface area (Å²) in [6.45, 7) is 3.23. The maximum Gasteiger partial charge on any atom is 0.118 e. The topological polar surface area (TPSA) is 21.3 Å². The van der Waals surface area contributed by atoms with Crippen LogP contribution in [0.5, 0.6) is 5.75 Å². The molecule has 0 saturated carbocycles. The van der Waals surface area contributed by atoms with Crippen molar-refractivity contribution in [3.05, 3.63) is 63.2 Å². The van der Waals surface area contributed by atoms with E-state index in [1.54, 1.807) is 7.11 Å². The standard InChI is InChI=1S/C18H22INO/c1-3-12-20-18(15-6-8-16(19)9-7-15)13-14-4-10-17(21-2)11-5-14/h4-11,18,20H,3,12-13H2,1-2H3. The van der Waals surface area contributed by atoms with E-state index in [-0.39, 0.29) is 0 Å². The molecule has 1 atom stereocenters. The molecule has 21 heavy (non-hydrogen) atoms. The fourth-order valence-electron chi connectivity index (χ4n) is 2.32. The number of hydrogen-bond donors (Lipinski definition) is 1. The highest BCUT2D eigenvalue weighted by Crippen LogP contribution is 2.21. The molecule has 0 aromatic heterocycles. The molecule has 2 rings (SSSR count). The quantitative estimate of drug-likeness (QED) is 0.693. The number of rotatable bonds is 7. The first-order valence-corrected chi connectivity index (χ1v) is 8.42. The van der Waals surface area contributed by atoms with Crippen molar-refractivity contribution in [1.29, 1.82) is 0 Å². The molecule has 0 aliphatic rings. The van der Waals surface area contributed by atoms with Crippen molar-refractivity contribution in [2.75, 3.05) is 13.7 Å². The van der Waals surface area contributed by atoms with Crippen LogP contribution >= 0.6 is 22.6 Å². The lowest BCUT2D eigenvalue weighted by Crippen LogP contribution is -2.24. The van der Waals surface area contributed by atoms with E-state index in [1.807, 2.05) is 12.1 Å². The van der Waals surface area contributed by atoms with Gasteiger partial charge in [0.25, 0.3) is 0 Å². The minimum Gasteiger partial charge on any atom is -0.497 e. The fraction of sp³-hybridized carbons (Fsp3) is 0.333. The van der Waals surface area contributed by atoms with E-state index in [4.69, 9.17) is 4.74 Å².